The van der Waals surface area contributed by atoms with Crippen LogP contribution in [0.2, 0.25) is 0 Å². The van der Waals surface area contributed by atoms with Crippen molar-refractivity contribution in [1.82, 2.24) is 0 Å². The van der Waals surface area contributed by atoms with E-state index in [9.17, 15) is 0 Å². The SMILES string of the molecule is [Cl][Ga]([Cl])[Cl].c1ccc(Sc2ccccc2)cc1. The molecule has 0 N–H and O–H groups in total. The molecule has 0 saturated heterocycles. The van der Waals surface area contributed by atoms with Crippen LogP contribution >= 0.6 is 40.7 Å². The summed E-state index contributed by atoms with van der Waals surface area (Å²) in [4.78, 5) is 2.57. The molecule has 0 radical (unpaired) electrons. The van der Waals surface area contributed by atoms with Crippen molar-refractivity contribution >= 4 is 53.9 Å². The summed E-state index contributed by atoms with van der Waals surface area (Å²) in [7, 11) is 15.0. The molecule has 88 valence electrons. The zero-order valence-corrected chi connectivity index (χ0v) is 14.4. The van der Waals surface area contributed by atoms with E-state index < -0.39 is 13.2 Å². The van der Waals surface area contributed by atoms with Crippen molar-refractivity contribution in [2.24, 2.45) is 0 Å². The Labute approximate surface area is 123 Å². The third-order valence-corrected chi connectivity index (χ3v) is 2.74. The van der Waals surface area contributed by atoms with Gasteiger partial charge in [-0.1, -0.05) is 48.2 Å². The van der Waals surface area contributed by atoms with Gasteiger partial charge in [-0.05, 0) is 24.3 Å². The first-order chi connectivity index (χ1) is 8.18. The largest absolute Gasteiger partial charge is 0.0901 e. The maximum absolute atomic E-state index is 4.99. The molecule has 0 aliphatic carbocycles. The summed E-state index contributed by atoms with van der Waals surface area (Å²) in [5.41, 5.74) is 0. The van der Waals surface area contributed by atoms with E-state index >= 15 is 0 Å². The molecule has 0 bridgehead atoms. The monoisotopic (exact) mass is 360 g/mol. The van der Waals surface area contributed by atoms with Crippen LogP contribution in [0.5, 0.6) is 0 Å². The van der Waals surface area contributed by atoms with Crippen LogP contribution in [-0.2, 0) is 0 Å². The van der Waals surface area contributed by atoms with Gasteiger partial charge in [-0.25, -0.2) is 0 Å². The molecule has 0 fully saturated rings. The van der Waals surface area contributed by atoms with E-state index in [2.05, 4.69) is 48.5 Å². The molecule has 0 spiro atoms. The number of halogens is 3. The molecule has 2 rings (SSSR count). The van der Waals surface area contributed by atoms with Gasteiger partial charge in [-0.3, -0.25) is 0 Å². The van der Waals surface area contributed by atoms with Gasteiger partial charge in [0.25, 0.3) is 0 Å². The van der Waals surface area contributed by atoms with Crippen molar-refractivity contribution in [2.45, 2.75) is 9.79 Å². The first-order valence-electron chi connectivity index (χ1n) is 4.88. The van der Waals surface area contributed by atoms with Crippen molar-refractivity contribution < 1.29 is 0 Å². The standard InChI is InChI=1S/C12H10S.3ClH.Ga/c1-3-7-11(8-4-1)13-12-9-5-2-6-10-12;;;;/h1-10H;3*1H;/q;;;;+3/p-3. The van der Waals surface area contributed by atoms with E-state index in [4.69, 9.17) is 28.9 Å². The Balaban J connectivity index is 0.000000317. The Morgan fingerprint density at radius 2 is 0.941 bits per heavy atom. The summed E-state index contributed by atoms with van der Waals surface area (Å²) < 4.78 is 0. The second-order valence-electron chi connectivity index (χ2n) is 2.98. The average Bonchev–Trinajstić information content (AvgIpc) is 2.31. The topological polar surface area (TPSA) is 0 Å². The number of hydrogen-bond acceptors (Lipinski definition) is 1. The van der Waals surface area contributed by atoms with E-state index in [0.29, 0.717) is 0 Å². The molecule has 0 aliphatic heterocycles. The minimum atomic E-state index is -2.06. The van der Waals surface area contributed by atoms with Crippen molar-refractivity contribution in [1.29, 1.82) is 0 Å². The molecule has 0 nitrogen and oxygen atoms in total. The van der Waals surface area contributed by atoms with Crippen molar-refractivity contribution in [3.63, 3.8) is 0 Å². The van der Waals surface area contributed by atoms with Crippen LogP contribution in [0.25, 0.3) is 0 Å². The zero-order valence-electron chi connectivity index (χ0n) is 8.89. The number of benzene rings is 2. The normalized spacial score (nSPS) is 9.12. The van der Waals surface area contributed by atoms with Gasteiger partial charge >= 0.3 is 42.1 Å². The molecule has 0 unspecified atom stereocenters. The molecule has 0 amide bonds. The van der Waals surface area contributed by atoms with Gasteiger partial charge in [0.05, 0.1) is 0 Å². The summed E-state index contributed by atoms with van der Waals surface area (Å²) >= 11 is -0.275. The molecule has 2 aromatic carbocycles. The van der Waals surface area contributed by atoms with Crippen LogP contribution in [0.1, 0.15) is 0 Å². The van der Waals surface area contributed by atoms with Gasteiger partial charge in [0.15, 0.2) is 0 Å². The Morgan fingerprint density at radius 1 is 0.647 bits per heavy atom. The second-order valence-corrected chi connectivity index (χ2v) is 15.4. The Hall–Kier alpha value is 0.296. The fourth-order valence-electron chi connectivity index (χ4n) is 1.11. The minimum absolute atomic E-state index is 1.29. The Bertz CT molecular complexity index is 368. The molecule has 0 atom stereocenters. The van der Waals surface area contributed by atoms with Crippen molar-refractivity contribution in [2.75, 3.05) is 0 Å². The summed E-state index contributed by atoms with van der Waals surface area (Å²) in [6, 6.07) is 20.8. The Morgan fingerprint density at radius 3 is 1.24 bits per heavy atom. The van der Waals surface area contributed by atoms with Gasteiger partial charge < -0.3 is 0 Å². The second kappa shape index (κ2) is 9.26. The van der Waals surface area contributed by atoms with Crippen molar-refractivity contribution in [3.05, 3.63) is 60.7 Å². The smallest absolute Gasteiger partial charge is 0.0122 e. The molecular formula is C12H10Cl3GaS. The van der Waals surface area contributed by atoms with E-state index in [1.807, 2.05) is 12.1 Å². The zero-order chi connectivity index (χ0) is 12.5. The summed E-state index contributed by atoms with van der Waals surface area (Å²) in [6.45, 7) is 0. The molecule has 0 aromatic heterocycles. The quantitative estimate of drug-likeness (QED) is 0.634. The molecule has 0 saturated carbocycles. The van der Waals surface area contributed by atoms with Crippen molar-refractivity contribution in [3.8, 4) is 0 Å². The first kappa shape index (κ1) is 15.4. The summed E-state index contributed by atoms with van der Waals surface area (Å²) in [5.74, 6) is 0. The predicted molar refractivity (Wildman–Crippen MR) is 80.3 cm³/mol. The van der Waals surface area contributed by atoms with E-state index in [-0.39, 0.29) is 0 Å². The van der Waals surface area contributed by atoms with Crippen LogP contribution in [0.4, 0.5) is 0 Å². The molecule has 0 heterocycles. The number of hydrogen-bond donors (Lipinski definition) is 0. The maximum atomic E-state index is 4.99. The van der Waals surface area contributed by atoms with Gasteiger partial charge in [0.1, 0.15) is 0 Å². The number of rotatable bonds is 2. The van der Waals surface area contributed by atoms with Gasteiger partial charge in [0, 0.05) is 9.79 Å². The average molecular weight is 362 g/mol. The third-order valence-electron chi connectivity index (χ3n) is 1.72. The third kappa shape index (κ3) is 8.09. The predicted octanol–water partition coefficient (Wildman–Crippen LogP) is 5.53. The van der Waals surface area contributed by atoms with Crippen LogP contribution in [-0.4, -0.2) is 13.2 Å². The van der Waals surface area contributed by atoms with E-state index in [0.717, 1.165) is 0 Å². The minimum Gasteiger partial charge on any atom is -0.0901 e. The van der Waals surface area contributed by atoms with E-state index in [1.54, 1.807) is 11.8 Å². The molecule has 17 heavy (non-hydrogen) atoms. The molecular weight excluding hydrogens is 352 g/mol. The first-order valence-corrected chi connectivity index (χ1v) is 15.3. The Kier molecular flexibility index (Phi) is 8.36. The van der Waals surface area contributed by atoms with Crippen LogP contribution in [0, 0.1) is 0 Å². The van der Waals surface area contributed by atoms with Gasteiger partial charge in [0.2, 0.25) is 0 Å². The van der Waals surface area contributed by atoms with Gasteiger partial charge in [-0.15, -0.1) is 0 Å². The maximum Gasteiger partial charge on any atom is 0.0122 e. The fraction of sp³-hybridized carbons (Fsp3) is 0. The fourth-order valence-corrected chi connectivity index (χ4v) is 1.97. The summed E-state index contributed by atoms with van der Waals surface area (Å²) in [6.07, 6.45) is 0. The molecule has 5 heteroatoms. The molecule has 0 aliphatic rings. The van der Waals surface area contributed by atoms with Crippen LogP contribution in [0.3, 0.4) is 0 Å². The van der Waals surface area contributed by atoms with Gasteiger partial charge in [-0.2, -0.15) is 0 Å². The summed E-state index contributed by atoms with van der Waals surface area (Å²) in [5, 5.41) is 0. The van der Waals surface area contributed by atoms with Crippen LogP contribution < -0.4 is 0 Å². The van der Waals surface area contributed by atoms with Crippen LogP contribution in [0.15, 0.2) is 70.5 Å². The van der Waals surface area contributed by atoms with E-state index in [1.165, 1.54) is 9.79 Å². The molecule has 2 aromatic rings.